The van der Waals surface area contributed by atoms with Crippen molar-refractivity contribution in [2.75, 3.05) is 12.3 Å². The topological polar surface area (TPSA) is 64.3 Å². The van der Waals surface area contributed by atoms with Crippen molar-refractivity contribution in [2.45, 2.75) is 38.8 Å². The predicted octanol–water partition coefficient (Wildman–Crippen LogP) is 1.87. The molecule has 1 aromatic carbocycles. The quantitative estimate of drug-likeness (QED) is 0.803. The molecule has 3 N–H and O–H groups in total. The Kier molecular flexibility index (Phi) is 3.87. The van der Waals surface area contributed by atoms with Crippen LogP contribution in [-0.4, -0.2) is 24.7 Å². The molecule has 0 spiro atoms. The zero-order valence-corrected chi connectivity index (χ0v) is 10.9. The number of para-hydroxylation sites is 1. The van der Waals surface area contributed by atoms with Crippen molar-refractivity contribution < 1.29 is 9.53 Å². The molecule has 18 heavy (non-hydrogen) atoms. The molecular formula is C14H20N2O2. The van der Waals surface area contributed by atoms with Crippen molar-refractivity contribution in [1.29, 1.82) is 0 Å². The first-order chi connectivity index (χ1) is 8.59. The van der Waals surface area contributed by atoms with Gasteiger partial charge >= 0.3 is 0 Å². The van der Waals surface area contributed by atoms with E-state index in [0.29, 0.717) is 11.3 Å². The molecule has 4 nitrogen and oxygen atoms in total. The van der Waals surface area contributed by atoms with Gasteiger partial charge in [-0.15, -0.1) is 0 Å². The Morgan fingerprint density at radius 3 is 3.00 bits per heavy atom. The van der Waals surface area contributed by atoms with Crippen LogP contribution in [0.1, 0.15) is 35.7 Å². The standard InChI is InChI=1S/C14H20N2O2/c1-9-5-3-6-11(13(9)15)14(17)16-10(2)12-7-4-8-18-12/h3,5-6,10,12H,4,7-8,15H2,1-2H3,(H,16,17). The van der Waals surface area contributed by atoms with E-state index >= 15 is 0 Å². The number of hydrogen-bond donors (Lipinski definition) is 2. The van der Waals surface area contributed by atoms with Crippen molar-refractivity contribution >= 4 is 11.6 Å². The zero-order valence-electron chi connectivity index (χ0n) is 10.9. The Bertz CT molecular complexity index is 439. The second-order valence-corrected chi connectivity index (χ2v) is 4.85. The highest BCUT2D eigenvalue weighted by Gasteiger charge is 2.24. The van der Waals surface area contributed by atoms with Crippen LogP contribution in [0.5, 0.6) is 0 Å². The van der Waals surface area contributed by atoms with Crippen LogP contribution in [-0.2, 0) is 4.74 Å². The summed E-state index contributed by atoms with van der Waals surface area (Å²) in [6, 6.07) is 5.51. The fourth-order valence-electron chi connectivity index (χ4n) is 2.25. The number of ether oxygens (including phenoxy) is 1. The van der Waals surface area contributed by atoms with Gasteiger partial charge in [0.1, 0.15) is 0 Å². The van der Waals surface area contributed by atoms with Crippen LogP contribution in [0.25, 0.3) is 0 Å². The van der Waals surface area contributed by atoms with E-state index in [2.05, 4.69) is 5.32 Å². The number of nitrogens with one attached hydrogen (secondary N) is 1. The number of aryl methyl sites for hydroxylation is 1. The van der Waals surface area contributed by atoms with E-state index in [4.69, 9.17) is 10.5 Å². The molecule has 1 aromatic rings. The Labute approximate surface area is 108 Å². The molecule has 0 bridgehead atoms. The summed E-state index contributed by atoms with van der Waals surface area (Å²) in [4.78, 5) is 12.1. The zero-order chi connectivity index (χ0) is 13.1. The second kappa shape index (κ2) is 5.40. The molecule has 0 radical (unpaired) electrons. The van der Waals surface area contributed by atoms with Crippen molar-refractivity contribution in [2.24, 2.45) is 0 Å². The second-order valence-electron chi connectivity index (χ2n) is 4.85. The number of nitrogen functional groups attached to an aromatic ring is 1. The molecule has 1 aliphatic rings. The average molecular weight is 248 g/mol. The lowest BCUT2D eigenvalue weighted by atomic mass is 10.1. The van der Waals surface area contributed by atoms with Crippen molar-refractivity contribution in [3.05, 3.63) is 29.3 Å². The Morgan fingerprint density at radius 2 is 2.33 bits per heavy atom. The molecule has 1 amide bonds. The lowest BCUT2D eigenvalue weighted by Gasteiger charge is -2.20. The first-order valence-corrected chi connectivity index (χ1v) is 6.37. The summed E-state index contributed by atoms with van der Waals surface area (Å²) >= 11 is 0. The van der Waals surface area contributed by atoms with Gasteiger partial charge < -0.3 is 15.8 Å². The van der Waals surface area contributed by atoms with E-state index in [1.807, 2.05) is 26.0 Å². The summed E-state index contributed by atoms with van der Waals surface area (Å²) < 4.78 is 5.56. The van der Waals surface area contributed by atoms with E-state index < -0.39 is 0 Å². The number of anilines is 1. The summed E-state index contributed by atoms with van der Waals surface area (Å²) in [5.41, 5.74) is 7.94. The van der Waals surface area contributed by atoms with E-state index in [1.165, 1.54) is 0 Å². The number of benzene rings is 1. The monoisotopic (exact) mass is 248 g/mol. The Morgan fingerprint density at radius 1 is 1.56 bits per heavy atom. The molecule has 0 saturated carbocycles. The van der Waals surface area contributed by atoms with Crippen LogP contribution in [0.15, 0.2) is 18.2 Å². The molecule has 0 aromatic heterocycles. The number of carbonyl (C=O) groups excluding carboxylic acids is 1. The van der Waals surface area contributed by atoms with Gasteiger partial charge in [0.2, 0.25) is 0 Å². The van der Waals surface area contributed by atoms with E-state index in [1.54, 1.807) is 6.07 Å². The van der Waals surface area contributed by atoms with E-state index in [9.17, 15) is 4.79 Å². The maximum Gasteiger partial charge on any atom is 0.253 e. The highest BCUT2D eigenvalue weighted by molar-refractivity contribution is 5.99. The van der Waals surface area contributed by atoms with Crippen LogP contribution in [0.2, 0.25) is 0 Å². The van der Waals surface area contributed by atoms with Crippen molar-refractivity contribution in [3.8, 4) is 0 Å². The predicted molar refractivity (Wildman–Crippen MR) is 71.5 cm³/mol. The largest absolute Gasteiger partial charge is 0.398 e. The van der Waals surface area contributed by atoms with Crippen LogP contribution in [0, 0.1) is 6.92 Å². The fraction of sp³-hybridized carbons (Fsp3) is 0.500. The van der Waals surface area contributed by atoms with Gasteiger partial charge in [-0.1, -0.05) is 12.1 Å². The molecule has 0 aliphatic carbocycles. The van der Waals surface area contributed by atoms with Crippen molar-refractivity contribution in [3.63, 3.8) is 0 Å². The maximum atomic E-state index is 12.1. The van der Waals surface area contributed by atoms with Gasteiger partial charge in [0.15, 0.2) is 0 Å². The molecule has 1 aliphatic heterocycles. The third-order valence-corrected chi connectivity index (χ3v) is 3.45. The molecule has 1 heterocycles. The molecular weight excluding hydrogens is 228 g/mol. The first kappa shape index (κ1) is 12.9. The minimum Gasteiger partial charge on any atom is -0.398 e. The molecule has 2 unspecified atom stereocenters. The molecule has 98 valence electrons. The highest BCUT2D eigenvalue weighted by atomic mass is 16.5. The van der Waals surface area contributed by atoms with Gasteiger partial charge in [0.25, 0.3) is 5.91 Å². The van der Waals surface area contributed by atoms with Crippen LogP contribution in [0.4, 0.5) is 5.69 Å². The summed E-state index contributed by atoms with van der Waals surface area (Å²) in [5.74, 6) is -0.126. The van der Waals surface area contributed by atoms with Gasteiger partial charge in [-0.05, 0) is 38.3 Å². The van der Waals surface area contributed by atoms with Crippen LogP contribution < -0.4 is 11.1 Å². The third-order valence-electron chi connectivity index (χ3n) is 3.45. The maximum absolute atomic E-state index is 12.1. The van der Waals surface area contributed by atoms with Gasteiger partial charge in [-0.2, -0.15) is 0 Å². The Balaban J connectivity index is 2.05. The lowest BCUT2D eigenvalue weighted by Crippen LogP contribution is -2.41. The number of rotatable bonds is 3. The number of hydrogen-bond acceptors (Lipinski definition) is 3. The number of carbonyl (C=O) groups is 1. The van der Waals surface area contributed by atoms with Gasteiger partial charge in [-0.3, -0.25) is 4.79 Å². The minimum absolute atomic E-state index is 0.0138. The molecule has 2 atom stereocenters. The number of nitrogens with two attached hydrogens (primary N) is 1. The van der Waals surface area contributed by atoms with E-state index in [0.717, 1.165) is 25.0 Å². The van der Waals surface area contributed by atoms with Gasteiger partial charge in [0.05, 0.1) is 17.7 Å². The summed E-state index contributed by atoms with van der Waals surface area (Å²) in [6.45, 7) is 4.66. The lowest BCUT2D eigenvalue weighted by molar-refractivity contribution is 0.0713. The summed E-state index contributed by atoms with van der Waals surface area (Å²) in [5, 5.41) is 2.96. The molecule has 4 heteroatoms. The molecule has 1 fully saturated rings. The summed E-state index contributed by atoms with van der Waals surface area (Å²) in [6.07, 6.45) is 2.20. The highest BCUT2D eigenvalue weighted by Crippen LogP contribution is 2.18. The summed E-state index contributed by atoms with van der Waals surface area (Å²) in [7, 11) is 0. The third kappa shape index (κ3) is 2.64. The SMILES string of the molecule is Cc1cccc(C(=O)NC(C)C2CCCO2)c1N. The Hall–Kier alpha value is -1.55. The van der Waals surface area contributed by atoms with E-state index in [-0.39, 0.29) is 18.1 Å². The van der Waals surface area contributed by atoms with Gasteiger partial charge in [0, 0.05) is 12.3 Å². The minimum atomic E-state index is -0.126. The molecule has 1 saturated heterocycles. The fourth-order valence-corrected chi connectivity index (χ4v) is 2.25. The average Bonchev–Trinajstić information content (AvgIpc) is 2.86. The number of amides is 1. The van der Waals surface area contributed by atoms with Crippen LogP contribution >= 0.6 is 0 Å². The van der Waals surface area contributed by atoms with Gasteiger partial charge in [-0.25, -0.2) is 0 Å². The first-order valence-electron chi connectivity index (χ1n) is 6.37. The normalized spacial score (nSPS) is 20.7. The van der Waals surface area contributed by atoms with Crippen molar-refractivity contribution in [1.82, 2.24) is 5.32 Å². The molecule has 2 rings (SSSR count). The smallest absolute Gasteiger partial charge is 0.253 e. The van der Waals surface area contributed by atoms with Crippen LogP contribution in [0.3, 0.4) is 0 Å².